The Bertz CT molecular complexity index is 472. The molecule has 2 heterocycles. The molecule has 0 radical (unpaired) electrons. The zero-order valence-electron chi connectivity index (χ0n) is 12.6. The fourth-order valence-electron chi connectivity index (χ4n) is 2.27. The van der Waals surface area contributed by atoms with Gasteiger partial charge < -0.3 is 20.7 Å². The molecule has 0 aromatic carbocycles. The first-order valence-electron chi connectivity index (χ1n) is 7.30. The van der Waals surface area contributed by atoms with Crippen molar-refractivity contribution in [3.05, 3.63) is 12.4 Å². The molecule has 0 saturated carbocycles. The van der Waals surface area contributed by atoms with E-state index >= 15 is 0 Å². The van der Waals surface area contributed by atoms with E-state index in [1.165, 1.54) is 0 Å². The molecular weight excluding hydrogens is 270 g/mol. The summed E-state index contributed by atoms with van der Waals surface area (Å²) in [5.41, 5.74) is 5.14. The maximum Gasteiger partial charge on any atom is 0.312 e. The third-order valence-electron chi connectivity index (χ3n) is 3.33. The molecular formula is C14H23N5O2. The lowest BCUT2D eigenvalue weighted by Gasteiger charge is -2.32. The summed E-state index contributed by atoms with van der Waals surface area (Å²) in [6.45, 7) is 6.44. The highest BCUT2D eigenvalue weighted by Crippen LogP contribution is 2.19. The minimum absolute atomic E-state index is 0.145. The smallest absolute Gasteiger partial charge is 0.312 e. The number of hydrogen-bond donors (Lipinski definition) is 2. The minimum Gasteiger partial charge on any atom is -0.476 e. The Balaban J connectivity index is 1.91. The molecule has 0 aliphatic carbocycles. The van der Waals surface area contributed by atoms with Gasteiger partial charge in [-0.05, 0) is 18.8 Å². The van der Waals surface area contributed by atoms with Gasteiger partial charge in [0.25, 0.3) is 0 Å². The lowest BCUT2D eigenvalue weighted by molar-refractivity contribution is 0.242. The number of carbonyl (C=O) groups excluding carboxylic acids is 1. The Morgan fingerprint density at radius 2 is 2.19 bits per heavy atom. The van der Waals surface area contributed by atoms with E-state index in [4.69, 9.17) is 10.5 Å². The zero-order chi connectivity index (χ0) is 15.2. The molecule has 7 heteroatoms. The Hall–Kier alpha value is -2.05. The van der Waals surface area contributed by atoms with Gasteiger partial charge in [0.1, 0.15) is 0 Å². The first-order valence-corrected chi connectivity index (χ1v) is 7.30. The summed E-state index contributed by atoms with van der Waals surface area (Å²) in [5.74, 6) is 1.82. The number of carbonyl (C=O) groups is 1. The number of ether oxygens (including phenoxy) is 1. The molecule has 3 N–H and O–H groups in total. The Morgan fingerprint density at radius 3 is 2.81 bits per heavy atom. The van der Waals surface area contributed by atoms with E-state index in [1.807, 2.05) is 0 Å². The number of nitrogens with zero attached hydrogens (tertiary/aromatic N) is 3. The Kier molecular flexibility index (Phi) is 5.19. The lowest BCUT2D eigenvalue weighted by Crippen LogP contribution is -2.46. The van der Waals surface area contributed by atoms with Crippen LogP contribution in [0.15, 0.2) is 12.4 Å². The van der Waals surface area contributed by atoms with Crippen molar-refractivity contribution in [1.82, 2.24) is 15.3 Å². The Morgan fingerprint density at radius 1 is 1.48 bits per heavy atom. The highest BCUT2D eigenvalue weighted by Gasteiger charge is 2.21. The summed E-state index contributed by atoms with van der Waals surface area (Å²) in [4.78, 5) is 21.7. The first-order chi connectivity index (χ1) is 10.0. The normalized spacial score (nSPS) is 16.0. The van der Waals surface area contributed by atoms with Gasteiger partial charge in [0.05, 0.1) is 19.0 Å². The van der Waals surface area contributed by atoms with Gasteiger partial charge in [-0.15, -0.1) is 0 Å². The van der Waals surface area contributed by atoms with E-state index < -0.39 is 6.03 Å². The maximum atomic E-state index is 10.8. The molecule has 1 saturated heterocycles. The topological polar surface area (TPSA) is 93.4 Å². The van der Waals surface area contributed by atoms with Crippen LogP contribution in [-0.4, -0.2) is 41.7 Å². The number of nitrogens with two attached hydrogens (primary N) is 1. The minimum atomic E-state index is -0.461. The van der Waals surface area contributed by atoms with Crippen molar-refractivity contribution >= 4 is 11.8 Å². The predicted octanol–water partition coefficient (Wildman–Crippen LogP) is 1.15. The van der Waals surface area contributed by atoms with Crippen molar-refractivity contribution in [2.75, 3.05) is 24.6 Å². The molecule has 1 aliphatic heterocycles. The van der Waals surface area contributed by atoms with Crippen LogP contribution in [0, 0.1) is 5.92 Å². The van der Waals surface area contributed by atoms with Gasteiger partial charge >= 0.3 is 6.03 Å². The van der Waals surface area contributed by atoms with Crippen LogP contribution < -0.4 is 20.7 Å². The molecule has 1 fully saturated rings. The molecule has 0 atom stereocenters. The van der Waals surface area contributed by atoms with Crippen LogP contribution in [0.2, 0.25) is 0 Å². The average molecular weight is 293 g/mol. The number of amides is 2. The third kappa shape index (κ3) is 4.77. The van der Waals surface area contributed by atoms with Crippen LogP contribution in [0.1, 0.15) is 26.7 Å². The standard InChI is InChI=1S/C14H23N5O2/c1-10(2)9-21-13-8-16-7-12(18-13)19-5-3-11(4-6-19)17-14(15)20/h7-8,10-11H,3-6,9H2,1-2H3,(H3,15,17,20). The van der Waals surface area contributed by atoms with Gasteiger partial charge in [0.15, 0.2) is 5.82 Å². The summed E-state index contributed by atoms with van der Waals surface area (Å²) in [6, 6.07) is -0.315. The lowest BCUT2D eigenvalue weighted by atomic mass is 10.1. The van der Waals surface area contributed by atoms with Crippen LogP contribution in [0.5, 0.6) is 5.88 Å². The van der Waals surface area contributed by atoms with Gasteiger partial charge in [-0.2, -0.15) is 4.98 Å². The fourth-order valence-corrected chi connectivity index (χ4v) is 2.27. The van der Waals surface area contributed by atoms with Crippen LogP contribution in [-0.2, 0) is 0 Å². The van der Waals surface area contributed by atoms with Crippen molar-refractivity contribution in [1.29, 1.82) is 0 Å². The van der Waals surface area contributed by atoms with Crippen molar-refractivity contribution in [3.8, 4) is 5.88 Å². The summed E-state index contributed by atoms with van der Waals surface area (Å²) >= 11 is 0. The van der Waals surface area contributed by atoms with E-state index in [9.17, 15) is 4.79 Å². The average Bonchev–Trinajstić information content (AvgIpc) is 2.45. The summed E-state index contributed by atoms with van der Waals surface area (Å²) in [5, 5.41) is 2.75. The molecule has 0 spiro atoms. The quantitative estimate of drug-likeness (QED) is 0.849. The molecule has 2 amide bonds. The van der Waals surface area contributed by atoms with Crippen LogP contribution >= 0.6 is 0 Å². The largest absolute Gasteiger partial charge is 0.476 e. The molecule has 1 aliphatic rings. The maximum absolute atomic E-state index is 10.8. The third-order valence-corrected chi connectivity index (χ3v) is 3.33. The van der Waals surface area contributed by atoms with Gasteiger partial charge in [-0.3, -0.25) is 4.98 Å². The molecule has 0 unspecified atom stereocenters. The van der Waals surface area contributed by atoms with Gasteiger partial charge in [-0.1, -0.05) is 13.8 Å². The first kappa shape index (κ1) is 15.3. The van der Waals surface area contributed by atoms with Gasteiger partial charge in [-0.25, -0.2) is 4.79 Å². The molecule has 116 valence electrons. The number of rotatable bonds is 5. The molecule has 1 aromatic heterocycles. The fraction of sp³-hybridized carbons (Fsp3) is 0.643. The van der Waals surface area contributed by atoms with Crippen molar-refractivity contribution in [2.45, 2.75) is 32.7 Å². The number of anilines is 1. The number of piperidine rings is 1. The van der Waals surface area contributed by atoms with Crippen molar-refractivity contribution in [3.63, 3.8) is 0 Å². The van der Waals surface area contributed by atoms with Crippen molar-refractivity contribution < 1.29 is 9.53 Å². The number of aromatic nitrogens is 2. The molecule has 2 rings (SSSR count). The second-order valence-corrected chi connectivity index (χ2v) is 5.69. The van der Waals surface area contributed by atoms with Gasteiger partial charge in [0.2, 0.25) is 5.88 Å². The van der Waals surface area contributed by atoms with E-state index in [1.54, 1.807) is 12.4 Å². The summed E-state index contributed by atoms with van der Waals surface area (Å²) in [7, 11) is 0. The van der Waals surface area contributed by atoms with Crippen LogP contribution in [0.4, 0.5) is 10.6 Å². The number of primary amides is 1. The molecule has 7 nitrogen and oxygen atoms in total. The van der Waals surface area contributed by atoms with E-state index in [-0.39, 0.29) is 6.04 Å². The van der Waals surface area contributed by atoms with E-state index in [0.29, 0.717) is 18.4 Å². The van der Waals surface area contributed by atoms with E-state index in [2.05, 4.69) is 34.0 Å². The number of hydrogen-bond acceptors (Lipinski definition) is 5. The predicted molar refractivity (Wildman–Crippen MR) is 80.3 cm³/mol. The Labute approximate surface area is 124 Å². The van der Waals surface area contributed by atoms with Gasteiger partial charge in [0, 0.05) is 19.1 Å². The summed E-state index contributed by atoms with van der Waals surface area (Å²) in [6.07, 6.45) is 5.07. The number of nitrogens with one attached hydrogen (secondary N) is 1. The van der Waals surface area contributed by atoms with E-state index in [0.717, 1.165) is 31.7 Å². The number of urea groups is 1. The molecule has 0 bridgehead atoms. The van der Waals surface area contributed by atoms with Crippen molar-refractivity contribution in [2.24, 2.45) is 11.7 Å². The zero-order valence-corrected chi connectivity index (χ0v) is 12.6. The molecule has 1 aromatic rings. The highest BCUT2D eigenvalue weighted by atomic mass is 16.5. The SMILES string of the molecule is CC(C)COc1cncc(N2CCC(NC(N)=O)CC2)n1. The highest BCUT2D eigenvalue weighted by molar-refractivity contribution is 5.72. The summed E-state index contributed by atoms with van der Waals surface area (Å²) < 4.78 is 5.60. The second kappa shape index (κ2) is 7.10. The second-order valence-electron chi connectivity index (χ2n) is 5.69. The van der Waals surface area contributed by atoms with Crippen LogP contribution in [0.3, 0.4) is 0 Å². The van der Waals surface area contributed by atoms with Crippen LogP contribution in [0.25, 0.3) is 0 Å². The molecule has 21 heavy (non-hydrogen) atoms. The monoisotopic (exact) mass is 293 g/mol.